The third-order valence-corrected chi connectivity index (χ3v) is 4.12. The molecule has 0 unspecified atom stereocenters. The maximum atomic E-state index is 12.6. The van der Waals surface area contributed by atoms with Crippen LogP contribution in [0.15, 0.2) is 0 Å². The van der Waals surface area contributed by atoms with Crippen molar-refractivity contribution in [3.05, 3.63) is 17.0 Å². The zero-order valence-electron chi connectivity index (χ0n) is 12.5. The van der Waals surface area contributed by atoms with Crippen LogP contribution in [-0.2, 0) is 29.7 Å². The van der Waals surface area contributed by atoms with Gasteiger partial charge >= 0.3 is 0 Å². The Morgan fingerprint density at radius 3 is 2.57 bits per heavy atom. The monoisotopic (exact) mass is 292 g/mol. The summed E-state index contributed by atoms with van der Waals surface area (Å²) in [7, 11) is 1.83. The Morgan fingerprint density at radius 2 is 1.90 bits per heavy atom. The van der Waals surface area contributed by atoms with E-state index in [1.165, 1.54) is 0 Å². The molecule has 0 atom stereocenters. The van der Waals surface area contributed by atoms with E-state index >= 15 is 0 Å². The largest absolute Gasteiger partial charge is 0.378 e. The quantitative estimate of drug-likeness (QED) is 0.778. The summed E-state index contributed by atoms with van der Waals surface area (Å²) in [6, 6.07) is 0. The molecule has 7 nitrogen and oxygen atoms in total. The Kier molecular flexibility index (Phi) is 3.67. The van der Waals surface area contributed by atoms with E-state index in [0.717, 1.165) is 11.3 Å². The summed E-state index contributed by atoms with van der Waals surface area (Å²) >= 11 is 0. The summed E-state index contributed by atoms with van der Waals surface area (Å²) in [5.41, 5.74) is 2.35. The molecule has 0 N–H and O–H groups in total. The molecule has 3 rings (SSSR count). The number of amides is 2. The number of morpholine rings is 1. The van der Waals surface area contributed by atoms with Crippen LogP contribution in [0.2, 0.25) is 0 Å². The molecule has 1 saturated heterocycles. The van der Waals surface area contributed by atoms with Gasteiger partial charge < -0.3 is 14.5 Å². The maximum Gasteiger partial charge on any atom is 0.274 e. The number of fused-ring (bicyclic) bond motifs is 1. The molecule has 0 radical (unpaired) electrons. The van der Waals surface area contributed by atoms with Crippen LogP contribution < -0.4 is 0 Å². The van der Waals surface area contributed by atoms with Crippen LogP contribution in [0.3, 0.4) is 0 Å². The Bertz CT molecular complexity index is 575. The molecule has 1 fully saturated rings. The van der Waals surface area contributed by atoms with Crippen LogP contribution in [0.25, 0.3) is 0 Å². The standard InChI is InChI=1S/C14H20N4O3/c1-3-12(19)18-8-10-11(9-18)16(2)15-13(10)14(20)17-4-6-21-7-5-17/h3-9H2,1-2H3. The van der Waals surface area contributed by atoms with Crippen LogP contribution >= 0.6 is 0 Å². The van der Waals surface area contributed by atoms with Crippen molar-refractivity contribution in [2.45, 2.75) is 26.4 Å². The van der Waals surface area contributed by atoms with Gasteiger partial charge in [0.25, 0.3) is 5.91 Å². The van der Waals surface area contributed by atoms with Crippen molar-refractivity contribution in [2.24, 2.45) is 7.05 Å². The fourth-order valence-corrected chi connectivity index (χ4v) is 2.88. The number of nitrogens with zero attached hydrogens (tertiary/aromatic N) is 4. The first-order valence-corrected chi connectivity index (χ1v) is 7.31. The Hall–Kier alpha value is -1.89. The molecule has 1 aromatic heterocycles. The van der Waals surface area contributed by atoms with Gasteiger partial charge in [-0.2, -0.15) is 5.10 Å². The van der Waals surface area contributed by atoms with Gasteiger partial charge in [-0.25, -0.2) is 0 Å². The van der Waals surface area contributed by atoms with E-state index in [1.807, 2.05) is 14.0 Å². The second-order valence-electron chi connectivity index (χ2n) is 5.41. The predicted octanol–water partition coefficient (Wildman–Crippen LogP) is 0.145. The molecule has 114 valence electrons. The highest BCUT2D eigenvalue weighted by Crippen LogP contribution is 2.27. The number of carbonyl (C=O) groups excluding carboxylic acids is 2. The minimum Gasteiger partial charge on any atom is -0.378 e. The van der Waals surface area contributed by atoms with Crippen LogP contribution in [0, 0.1) is 0 Å². The number of aryl methyl sites for hydroxylation is 1. The molecule has 0 saturated carbocycles. The van der Waals surface area contributed by atoms with Crippen LogP contribution in [-0.4, -0.2) is 57.7 Å². The van der Waals surface area contributed by atoms with E-state index in [4.69, 9.17) is 4.74 Å². The second kappa shape index (κ2) is 5.48. The highest BCUT2D eigenvalue weighted by atomic mass is 16.5. The normalized spacial score (nSPS) is 18.0. The predicted molar refractivity (Wildman–Crippen MR) is 74.5 cm³/mol. The number of hydrogen-bond acceptors (Lipinski definition) is 4. The maximum absolute atomic E-state index is 12.6. The zero-order valence-corrected chi connectivity index (χ0v) is 12.5. The van der Waals surface area contributed by atoms with E-state index in [2.05, 4.69) is 5.10 Å². The molecule has 0 bridgehead atoms. The van der Waals surface area contributed by atoms with Gasteiger partial charge in [0.1, 0.15) is 0 Å². The molecule has 0 spiro atoms. The Morgan fingerprint density at radius 1 is 1.19 bits per heavy atom. The molecular weight excluding hydrogens is 272 g/mol. The van der Waals surface area contributed by atoms with Gasteiger partial charge in [0.2, 0.25) is 5.91 Å². The van der Waals surface area contributed by atoms with Crippen molar-refractivity contribution in [1.29, 1.82) is 0 Å². The summed E-state index contributed by atoms with van der Waals surface area (Å²) in [4.78, 5) is 28.0. The third-order valence-electron chi connectivity index (χ3n) is 4.12. The van der Waals surface area contributed by atoms with Crippen molar-refractivity contribution >= 4 is 11.8 Å². The number of hydrogen-bond donors (Lipinski definition) is 0. The minimum atomic E-state index is -0.0547. The minimum absolute atomic E-state index is 0.0547. The van der Waals surface area contributed by atoms with E-state index < -0.39 is 0 Å². The topological polar surface area (TPSA) is 67.7 Å². The number of rotatable bonds is 2. The molecule has 2 amide bonds. The van der Waals surface area contributed by atoms with E-state index in [-0.39, 0.29) is 11.8 Å². The number of carbonyl (C=O) groups is 2. The van der Waals surface area contributed by atoms with E-state index in [9.17, 15) is 9.59 Å². The van der Waals surface area contributed by atoms with Crippen molar-refractivity contribution in [1.82, 2.24) is 19.6 Å². The molecule has 2 aliphatic heterocycles. The molecule has 7 heteroatoms. The van der Waals surface area contributed by atoms with Crippen molar-refractivity contribution in [2.75, 3.05) is 26.3 Å². The highest BCUT2D eigenvalue weighted by molar-refractivity contribution is 5.94. The fourth-order valence-electron chi connectivity index (χ4n) is 2.88. The van der Waals surface area contributed by atoms with Gasteiger partial charge in [-0.1, -0.05) is 6.92 Å². The first-order chi connectivity index (χ1) is 10.1. The van der Waals surface area contributed by atoms with E-state index in [0.29, 0.717) is 51.5 Å². The summed E-state index contributed by atoms with van der Waals surface area (Å²) in [5, 5.41) is 4.37. The van der Waals surface area contributed by atoms with Crippen molar-refractivity contribution < 1.29 is 14.3 Å². The smallest absolute Gasteiger partial charge is 0.274 e. The van der Waals surface area contributed by atoms with E-state index in [1.54, 1.807) is 14.5 Å². The molecule has 0 aliphatic carbocycles. The summed E-state index contributed by atoms with van der Waals surface area (Å²) in [6.07, 6.45) is 0.480. The van der Waals surface area contributed by atoms with Crippen molar-refractivity contribution in [3.63, 3.8) is 0 Å². The second-order valence-corrected chi connectivity index (χ2v) is 5.41. The fraction of sp³-hybridized carbons (Fsp3) is 0.643. The summed E-state index contributed by atoms with van der Waals surface area (Å²) < 4.78 is 7.00. The van der Waals surface area contributed by atoms with Crippen LogP contribution in [0.1, 0.15) is 35.1 Å². The molecule has 3 heterocycles. The Labute approximate surface area is 123 Å². The van der Waals surface area contributed by atoms with Gasteiger partial charge in [0.05, 0.1) is 32.0 Å². The molecule has 1 aromatic rings. The number of ether oxygens (including phenoxy) is 1. The lowest BCUT2D eigenvalue weighted by Crippen LogP contribution is -2.41. The average molecular weight is 292 g/mol. The number of aromatic nitrogens is 2. The Balaban J connectivity index is 1.84. The third kappa shape index (κ3) is 2.42. The van der Waals surface area contributed by atoms with Gasteiger partial charge in [-0.15, -0.1) is 0 Å². The van der Waals surface area contributed by atoms with Crippen molar-refractivity contribution in [3.8, 4) is 0 Å². The first-order valence-electron chi connectivity index (χ1n) is 7.31. The molecule has 2 aliphatic rings. The average Bonchev–Trinajstić information content (AvgIpc) is 3.08. The highest BCUT2D eigenvalue weighted by Gasteiger charge is 2.33. The summed E-state index contributed by atoms with van der Waals surface area (Å²) in [5.74, 6) is 0.0527. The molecule has 0 aromatic carbocycles. The molecular formula is C14H20N4O3. The van der Waals surface area contributed by atoms with Gasteiger partial charge in [0, 0.05) is 32.1 Å². The van der Waals surface area contributed by atoms with Crippen LogP contribution in [0.4, 0.5) is 0 Å². The molecule has 21 heavy (non-hydrogen) atoms. The lowest BCUT2D eigenvalue weighted by Gasteiger charge is -2.26. The lowest BCUT2D eigenvalue weighted by molar-refractivity contribution is -0.131. The summed E-state index contributed by atoms with van der Waals surface area (Å²) in [6.45, 7) is 5.22. The lowest BCUT2D eigenvalue weighted by atomic mass is 10.2. The zero-order chi connectivity index (χ0) is 15.0. The SMILES string of the molecule is CCC(=O)N1Cc2c(C(=O)N3CCOCC3)nn(C)c2C1. The van der Waals surface area contributed by atoms with Crippen LogP contribution in [0.5, 0.6) is 0 Å². The first kappa shape index (κ1) is 14.1. The van der Waals surface area contributed by atoms with Gasteiger partial charge in [-0.05, 0) is 0 Å². The van der Waals surface area contributed by atoms with Gasteiger partial charge in [-0.3, -0.25) is 14.3 Å². The van der Waals surface area contributed by atoms with Gasteiger partial charge in [0.15, 0.2) is 5.69 Å².